The van der Waals surface area contributed by atoms with Crippen molar-refractivity contribution in [3.8, 4) is 5.75 Å². The lowest BCUT2D eigenvalue weighted by Crippen LogP contribution is -2.20. The Balaban J connectivity index is 1.68. The van der Waals surface area contributed by atoms with Crippen LogP contribution in [0.25, 0.3) is 10.1 Å². The van der Waals surface area contributed by atoms with Crippen molar-refractivity contribution < 1.29 is 19.1 Å². The molecule has 0 atom stereocenters. The smallest absolute Gasteiger partial charge is 0.348 e. The van der Waals surface area contributed by atoms with Crippen molar-refractivity contribution in [2.75, 3.05) is 19.0 Å². The molecule has 2 aromatic carbocycles. The number of amides is 1. The Bertz CT molecular complexity index is 957. The zero-order valence-corrected chi connectivity index (χ0v) is 15.6. The molecule has 1 amide bonds. The van der Waals surface area contributed by atoms with Crippen LogP contribution in [0.2, 0.25) is 0 Å². The van der Waals surface area contributed by atoms with Crippen LogP contribution in [0, 0.1) is 13.8 Å². The molecule has 0 saturated carbocycles. The predicted octanol–water partition coefficient (Wildman–Crippen LogP) is 4.32. The van der Waals surface area contributed by atoms with Crippen LogP contribution < -0.4 is 10.1 Å². The van der Waals surface area contributed by atoms with E-state index in [1.54, 1.807) is 12.1 Å². The summed E-state index contributed by atoms with van der Waals surface area (Å²) in [7, 11) is 1.36. The van der Waals surface area contributed by atoms with Gasteiger partial charge in [-0.3, -0.25) is 4.79 Å². The summed E-state index contributed by atoms with van der Waals surface area (Å²) in [4.78, 5) is 24.4. The summed E-state index contributed by atoms with van der Waals surface area (Å²) in [5.41, 5.74) is 2.64. The average molecular weight is 369 g/mol. The van der Waals surface area contributed by atoms with E-state index in [2.05, 4.69) is 5.32 Å². The van der Waals surface area contributed by atoms with E-state index in [4.69, 9.17) is 9.47 Å². The first-order valence-electron chi connectivity index (χ1n) is 8.08. The highest BCUT2D eigenvalue weighted by Crippen LogP contribution is 2.28. The quantitative estimate of drug-likeness (QED) is 0.680. The number of thiophene rings is 1. The second kappa shape index (κ2) is 7.58. The van der Waals surface area contributed by atoms with Crippen molar-refractivity contribution in [3.63, 3.8) is 0 Å². The third kappa shape index (κ3) is 3.86. The van der Waals surface area contributed by atoms with Crippen molar-refractivity contribution >= 4 is 39.0 Å². The summed E-state index contributed by atoms with van der Waals surface area (Å²) in [6.45, 7) is 3.83. The van der Waals surface area contributed by atoms with E-state index in [9.17, 15) is 9.59 Å². The molecule has 0 aliphatic rings. The highest BCUT2D eigenvalue weighted by Gasteiger charge is 2.12. The fourth-order valence-corrected chi connectivity index (χ4v) is 3.65. The molecule has 26 heavy (non-hydrogen) atoms. The number of fused-ring (bicyclic) bond motifs is 1. The number of hydrogen-bond donors (Lipinski definition) is 1. The first kappa shape index (κ1) is 17.9. The van der Waals surface area contributed by atoms with Crippen molar-refractivity contribution in [2.45, 2.75) is 13.8 Å². The van der Waals surface area contributed by atoms with E-state index in [0.717, 1.165) is 27.0 Å². The van der Waals surface area contributed by atoms with Gasteiger partial charge < -0.3 is 14.8 Å². The molecule has 3 aromatic rings. The van der Waals surface area contributed by atoms with Gasteiger partial charge in [-0.25, -0.2) is 4.79 Å². The Morgan fingerprint density at radius 1 is 1.08 bits per heavy atom. The zero-order chi connectivity index (χ0) is 18.7. The highest BCUT2D eigenvalue weighted by atomic mass is 32.1. The minimum atomic E-state index is -0.362. The van der Waals surface area contributed by atoms with Crippen LogP contribution in [-0.2, 0) is 9.53 Å². The minimum absolute atomic E-state index is 0.0687. The van der Waals surface area contributed by atoms with Gasteiger partial charge in [-0.1, -0.05) is 18.2 Å². The van der Waals surface area contributed by atoms with Gasteiger partial charge in [0, 0.05) is 10.4 Å². The Kier molecular flexibility index (Phi) is 5.23. The number of para-hydroxylation sites is 1. The maximum absolute atomic E-state index is 12.2. The molecule has 0 fully saturated rings. The molecule has 1 heterocycles. The van der Waals surface area contributed by atoms with Crippen LogP contribution in [0.3, 0.4) is 0 Å². The molecule has 3 rings (SSSR count). The maximum Gasteiger partial charge on any atom is 0.348 e. The molecule has 0 saturated heterocycles. The molecule has 0 bridgehead atoms. The Labute approximate surface area is 155 Å². The number of esters is 1. The third-order valence-corrected chi connectivity index (χ3v) is 5.04. The van der Waals surface area contributed by atoms with E-state index in [0.29, 0.717) is 10.6 Å². The standard InChI is InChI=1S/C20H19NO4S/c1-12-5-4-6-13(2)19(12)25-11-18(22)21-15-7-8-16-14(9-15)10-17(26-16)20(23)24-3/h4-10H,11H2,1-3H3,(H,21,22). The van der Waals surface area contributed by atoms with Gasteiger partial charge in [0.15, 0.2) is 6.61 Å². The number of benzene rings is 2. The maximum atomic E-state index is 12.2. The van der Waals surface area contributed by atoms with E-state index < -0.39 is 0 Å². The van der Waals surface area contributed by atoms with Crippen LogP contribution >= 0.6 is 11.3 Å². The number of aryl methyl sites for hydroxylation is 2. The fraction of sp³-hybridized carbons (Fsp3) is 0.200. The van der Waals surface area contributed by atoms with Crippen molar-refractivity contribution in [1.82, 2.24) is 0 Å². The normalized spacial score (nSPS) is 10.6. The molecule has 0 spiro atoms. The molecule has 1 aromatic heterocycles. The van der Waals surface area contributed by atoms with Crippen molar-refractivity contribution in [1.29, 1.82) is 0 Å². The van der Waals surface area contributed by atoms with Gasteiger partial charge in [-0.2, -0.15) is 0 Å². The lowest BCUT2D eigenvalue weighted by Gasteiger charge is -2.12. The number of nitrogens with one attached hydrogen (secondary N) is 1. The SMILES string of the molecule is COC(=O)c1cc2cc(NC(=O)COc3c(C)cccc3C)ccc2s1. The number of hydrogen-bond acceptors (Lipinski definition) is 5. The number of carbonyl (C=O) groups is 2. The Morgan fingerprint density at radius 3 is 2.50 bits per heavy atom. The van der Waals surface area contributed by atoms with Gasteiger partial charge in [0.25, 0.3) is 5.91 Å². The van der Waals surface area contributed by atoms with Crippen LogP contribution in [-0.4, -0.2) is 25.6 Å². The number of anilines is 1. The highest BCUT2D eigenvalue weighted by molar-refractivity contribution is 7.20. The van der Waals surface area contributed by atoms with Gasteiger partial charge in [0.2, 0.25) is 0 Å². The number of methoxy groups -OCH3 is 1. The van der Waals surface area contributed by atoms with E-state index >= 15 is 0 Å². The van der Waals surface area contributed by atoms with Crippen LogP contribution in [0.4, 0.5) is 5.69 Å². The molecule has 134 valence electrons. The fourth-order valence-electron chi connectivity index (χ4n) is 2.68. The van der Waals surface area contributed by atoms with Gasteiger partial charge in [-0.05, 0) is 54.6 Å². The minimum Gasteiger partial charge on any atom is -0.483 e. The van der Waals surface area contributed by atoms with Gasteiger partial charge in [-0.15, -0.1) is 11.3 Å². The summed E-state index contributed by atoms with van der Waals surface area (Å²) in [6.07, 6.45) is 0. The predicted molar refractivity (Wildman–Crippen MR) is 103 cm³/mol. The van der Waals surface area contributed by atoms with E-state index in [-0.39, 0.29) is 18.5 Å². The van der Waals surface area contributed by atoms with Crippen molar-refractivity contribution in [3.05, 3.63) is 58.5 Å². The van der Waals surface area contributed by atoms with E-state index in [1.807, 2.05) is 44.2 Å². The lowest BCUT2D eigenvalue weighted by molar-refractivity contribution is -0.118. The van der Waals surface area contributed by atoms with Gasteiger partial charge in [0.05, 0.1) is 7.11 Å². The lowest BCUT2D eigenvalue weighted by atomic mass is 10.1. The summed E-state index contributed by atoms with van der Waals surface area (Å²) < 4.78 is 11.4. The second-order valence-corrected chi connectivity index (χ2v) is 7.00. The zero-order valence-electron chi connectivity index (χ0n) is 14.8. The largest absolute Gasteiger partial charge is 0.483 e. The summed E-state index contributed by atoms with van der Waals surface area (Å²) >= 11 is 1.36. The summed E-state index contributed by atoms with van der Waals surface area (Å²) in [5, 5.41) is 3.70. The Morgan fingerprint density at radius 2 is 1.81 bits per heavy atom. The number of rotatable bonds is 5. The number of ether oxygens (including phenoxy) is 2. The topological polar surface area (TPSA) is 64.6 Å². The summed E-state index contributed by atoms with van der Waals surface area (Å²) in [5.74, 6) is 0.132. The first-order chi connectivity index (χ1) is 12.5. The molecule has 1 N–H and O–H groups in total. The van der Waals surface area contributed by atoms with Crippen LogP contribution in [0.5, 0.6) is 5.75 Å². The molecule has 6 heteroatoms. The van der Waals surface area contributed by atoms with Crippen molar-refractivity contribution in [2.24, 2.45) is 0 Å². The second-order valence-electron chi connectivity index (χ2n) is 5.91. The molecular formula is C20H19NO4S. The number of carbonyl (C=O) groups excluding carboxylic acids is 2. The van der Waals surface area contributed by atoms with E-state index in [1.165, 1.54) is 18.4 Å². The Hall–Kier alpha value is -2.86. The molecule has 0 unspecified atom stereocenters. The van der Waals surface area contributed by atoms with Gasteiger partial charge >= 0.3 is 5.97 Å². The molecule has 0 aliphatic heterocycles. The molecular weight excluding hydrogens is 350 g/mol. The average Bonchev–Trinajstić information content (AvgIpc) is 3.04. The molecule has 0 aliphatic carbocycles. The monoisotopic (exact) mass is 369 g/mol. The van der Waals surface area contributed by atoms with Gasteiger partial charge in [0.1, 0.15) is 10.6 Å². The summed E-state index contributed by atoms with van der Waals surface area (Å²) in [6, 6.07) is 13.1. The molecule has 0 radical (unpaired) electrons. The van der Waals surface area contributed by atoms with Crippen LogP contribution in [0.15, 0.2) is 42.5 Å². The third-order valence-electron chi connectivity index (χ3n) is 3.94. The molecule has 5 nitrogen and oxygen atoms in total. The van der Waals surface area contributed by atoms with Crippen LogP contribution in [0.1, 0.15) is 20.8 Å². The first-order valence-corrected chi connectivity index (χ1v) is 8.90.